The van der Waals surface area contributed by atoms with Crippen molar-refractivity contribution in [2.24, 2.45) is 0 Å². The zero-order valence-electron chi connectivity index (χ0n) is 12.8. The highest BCUT2D eigenvalue weighted by Gasteiger charge is 2.32. The van der Waals surface area contributed by atoms with Crippen LogP contribution < -0.4 is 10.6 Å². The largest absolute Gasteiger partial charge is 0.416 e. The molecule has 2 aromatic rings. The van der Waals surface area contributed by atoms with Crippen LogP contribution in [-0.2, 0) is 11.0 Å². The Bertz CT molecular complexity index is 712. The van der Waals surface area contributed by atoms with E-state index in [2.05, 4.69) is 10.6 Å². The van der Waals surface area contributed by atoms with E-state index in [4.69, 9.17) is 0 Å². The SMILES string of the molecule is O=C(Nc1cccc(C(F)(F)F)c1)[C@@H](NC1CC1)c1ccccc1. The van der Waals surface area contributed by atoms with E-state index in [1.165, 1.54) is 12.1 Å². The summed E-state index contributed by atoms with van der Waals surface area (Å²) in [5.41, 5.74) is 0.133. The molecule has 2 N–H and O–H groups in total. The third-order valence-electron chi connectivity index (χ3n) is 3.83. The molecule has 1 amide bonds. The van der Waals surface area contributed by atoms with Gasteiger partial charge in [0.25, 0.3) is 0 Å². The maximum atomic E-state index is 12.8. The number of rotatable bonds is 5. The Morgan fingerprint density at radius 1 is 1.04 bits per heavy atom. The maximum absolute atomic E-state index is 12.8. The average molecular weight is 334 g/mol. The molecule has 1 atom stereocenters. The van der Waals surface area contributed by atoms with E-state index in [9.17, 15) is 18.0 Å². The molecule has 0 spiro atoms. The molecule has 0 heterocycles. The smallest absolute Gasteiger partial charge is 0.324 e. The van der Waals surface area contributed by atoms with Gasteiger partial charge in [-0.15, -0.1) is 0 Å². The van der Waals surface area contributed by atoms with Gasteiger partial charge in [-0.2, -0.15) is 13.2 Å². The lowest BCUT2D eigenvalue weighted by molar-refractivity contribution is -0.137. The van der Waals surface area contributed by atoms with E-state index in [1.54, 1.807) is 0 Å². The first kappa shape index (κ1) is 16.5. The zero-order chi connectivity index (χ0) is 17.2. The molecule has 1 aliphatic carbocycles. The van der Waals surface area contributed by atoms with Crippen molar-refractivity contribution in [1.29, 1.82) is 0 Å². The van der Waals surface area contributed by atoms with Crippen LogP contribution in [0.4, 0.5) is 18.9 Å². The highest BCUT2D eigenvalue weighted by molar-refractivity contribution is 5.95. The molecular weight excluding hydrogens is 317 g/mol. The van der Waals surface area contributed by atoms with Gasteiger partial charge in [-0.1, -0.05) is 36.4 Å². The van der Waals surface area contributed by atoms with E-state index in [-0.39, 0.29) is 17.6 Å². The first-order chi connectivity index (χ1) is 11.4. The third kappa shape index (κ3) is 4.14. The van der Waals surface area contributed by atoms with Crippen LogP contribution in [0, 0.1) is 0 Å². The van der Waals surface area contributed by atoms with Gasteiger partial charge in [0.15, 0.2) is 0 Å². The standard InChI is InChI=1S/C18H17F3N2O/c19-18(20,21)13-7-4-8-15(11-13)23-17(24)16(22-14-9-10-14)12-5-2-1-3-6-12/h1-8,11,14,16,22H,9-10H2,(H,23,24)/t16-/m0/s1. The van der Waals surface area contributed by atoms with E-state index in [0.29, 0.717) is 0 Å². The number of hydrogen-bond donors (Lipinski definition) is 2. The summed E-state index contributed by atoms with van der Waals surface area (Å²) in [4.78, 5) is 12.6. The summed E-state index contributed by atoms with van der Waals surface area (Å²) >= 11 is 0. The van der Waals surface area contributed by atoms with Crippen LogP contribution in [0.2, 0.25) is 0 Å². The molecule has 1 fully saturated rings. The monoisotopic (exact) mass is 334 g/mol. The molecule has 126 valence electrons. The van der Waals surface area contributed by atoms with Gasteiger partial charge in [-0.3, -0.25) is 10.1 Å². The topological polar surface area (TPSA) is 41.1 Å². The van der Waals surface area contributed by atoms with E-state index in [0.717, 1.165) is 30.5 Å². The summed E-state index contributed by atoms with van der Waals surface area (Å²) in [5, 5.41) is 5.82. The third-order valence-corrected chi connectivity index (χ3v) is 3.83. The highest BCUT2D eigenvalue weighted by atomic mass is 19.4. The molecule has 2 aromatic carbocycles. The van der Waals surface area contributed by atoms with Gasteiger partial charge in [0.1, 0.15) is 6.04 Å². The van der Waals surface area contributed by atoms with Crippen LogP contribution in [-0.4, -0.2) is 11.9 Å². The predicted octanol–water partition coefficient (Wildman–Crippen LogP) is 4.14. The number of anilines is 1. The minimum atomic E-state index is -4.44. The van der Waals surface area contributed by atoms with Crippen molar-refractivity contribution in [1.82, 2.24) is 5.32 Å². The van der Waals surface area contributed by atoms with E-state index < -0.39 is 17.8 Å². The average Bonchev–Trinajstić information content (AvgIpc) is 3.37. The Morgan fingerprint density at radius 2 is 1.75 bits per heavy atom. The Morgan fingerprint density at radius 3 is 2.38 bits per heavy atom. The molecule has 0 saturated heterocycles. The molecule has 3 nitrogen and oxygen atoms in total. The Hall–Kier alpha value is -2.34. The zero-order valence-corrected chi connectivity index (χ0v) is 12.8. The summed E-state index contributed by atoms with van der Waals surface area (Å²) in [6.45, 7) is 0. The summed E-state index contributed by atoms with van der Waals surface area (Å²) in [7, 11) is 0. The lowest BCUT2D eigenvalue weighted by atomic mass is 10.1. The van der Waals surface area contributed by atoms with Crippen molar-refractivity contribution in [3.8, 4) is 0 Å². The molecule has 0 bridgehead atoms. The Kier molecular flexibility index (Phi) is 4.57. The maximum Gasteiger partial charge on any atom is 0.416 e. The first-order valence-corrected chi connectivity index (χ1v) is 7.72. The lowest BCUT2D eigenvalue weighted by Gasteiger charge is -2.19. The molecule has 24 heavy (non-hydrogen) atoms. The molecule has 3 rings (SSSR count). The fourth-order valence-electron chi connectivity index (χ4n) is 2.44. The number of alkyl halides is 3. The minimum Gasteiger partial charge on any atom is -0.324 e. The summed E-state index contributed by atoms with van der Waals surface area (Å²) < 4.78 is 38.4. The number of carbonyl (C=O) groups excluding carboxylic acids is 1. The van der Waals surface area contributed by atoms with Crippen molar-refractivity contribution in [3.05, 3.63) is 65.7 Å². The number of carbonyl (C=O) groups is 1. The second-order valence-corrected chi connectivity index (χ2v) is 5.85. The van der Waals surface area contributed by atoms with Gasteiger partial charge < -0.3 is 5.32 Å². The molecule has 1 aliphatic rings. The van der Waals surface area contributed by atoms with Crippen LogP contribution in [0.3, 0.4) is 0 Å². The molecular formula is C18H17F3N2O. The quantitative estimate of drug-likeness (QED) is 0.863. The van der Waals surface area contributed by atoms with Gasteiger partial charge in [0.05, 0.1) is 5.56 Å². The minimum absolute atomic E-state index is 0.133. The number of nitrogens with one attached hydrogen (secondary N) is 2. The van der Waals surface area contributed by atoms with Crippen molar-refractivity contribution in [2.45, 2.75) is 31.1 Å². The van der Waals surface area contributed by atoms with Crippen LogP contribution >= 0.6 is 0 Å². The lowest BCUT2D eigenvalue weighted by Crippen LogP contribution is -2.34. The summed E-state index contributed by atoms with van der Waals surface area (Å²) in [5.74, 6) is -0.368. The van der Waals surface area contributed by atoms with Crippen LogP contribution in [0.25, 0.3) is 0 Å². The Labute approximate surface area is 137 Å². The van der Waals surface area contributed by atoms with Gasteiger partial charge in [0.2, 0.25) is 5.91 Å². The number of halogens is 3. The second-order valence-electron chi connectivity index (χ2n) is 5.85. The van der Waals surface area contributed by atoms with Gasteiger partial charge in [0, 0.05) is 11.7 Å². The highest BCUT2D eigenvalue weighted by Crippen LogP contribution is 2.31. The van der Waals surface area contributed by atoms with Gasteiger partial charge >= 0.3 is 6.18 Å². The molecule has 0 aromatic heterocycles. The van der Waals surface area contributed by atoms with Gasteiger partial charge in [-0.05, 0) is 36.6 Å². The number of benzene rings is 2. The van der Waals surface area contributed by atoms with Gasteiger partial charge in [-0.25, -0.2) is 0 Å². The molecule has 0 radical (unpaired) electrons. The summed E-state index contributed by atoms with van der Waals surface area (Å²) in [6.07, 6.45) is -2.44. The van der Waals surface area contributed by atoms with Crippen molar-refractivity contribution < 1.29 is 18.0 Å². The predicted molar refractivity (Wildman–Crippen MR) is 85.4 cm³/mol. The molecule has 0 aliphatic heterocycles. The molecule has 6 heteroatoms. The molecule has 0 unspecified atom stereocenters. The van der Waals surface area contributed by atoms with E-state index >= 15 is 0 Å². The Balaban J connectivity index is 1.78. The van der Waals surface area contributed by atoms with Crippen molar-refractivity contribution >= 4 is 11.6 Å². The second kappa shape index (κ2) is 6.65. The van der Waals surface area contributed by atoms with E-state index in [1.807, 2.05) is 30.3 Å². The van der Waals surface area contributed by atoms with Crippen LogP contribution in [0.5, 0.6) is 0 Å². The normalized spacial score (nSPS) is 15.8. The van der Waals surface area contributed by atoms with Crippen LogP contribution in [0.15, 0.2) is 54.6 Å². The van der Waals surface area contributed by atoms with Crippen molar-refractivity contribution in [2.75, 3.05) is 5.32 Å². The van der Waals surface area contributed by atoms with Crippen LogP contribution in [0.1, 0.15) is 30.0 Å². The fourth-order valence-corrected chi connectivity index (χ4v) is 2.44. The first-order valence-electron chi connectivity index (χ1n) is 7.72. The number of hydrogen-bond acceptors (Lipinski definition) is 2. The van der Waals surface area contributed by atoms with Crippen molar-refractivity contribution in [3.63, 3.8) is 0 Å². The summed E-state index contributed by atoms with van der Waals surface area (Å²) in [6, 6.07) is 13.5. The number of amides is 1. The molecule has 1 saturated carbocycles. The fraction of sp³-hybridized carbons (Fsp3) is 0.278.